The van der Waals surface area contributed by atoms with E-state index in [1.807, 2.05) is 54.6 Å². The van der Waals surface area contributed by atoms with Crippen molar-refractivity contribution in [1.29, 1.82) is 0 Å². The number of oxazole rings is 1. The Hall–Kier alpha value is -3.90. The van der Waals surface area contributed by atoms with Crippen LogP contribution in [0.1, 0.15) is 37.6 Å². The molecule has 2 heterocycles. The highest BCUT2D eigenvalue weighted by Crippen LogP contribution is 2.59. The Morgan fingerprint density at radius 2 is 1.74 bits per heavy atom. The number of fused-ring (bicyclic) bond motifs is 1. The lowest BCUT2D eigenvalue weighted by atomic mass is 9.75. The first-order valence-corrected chi connectivity index (χ1v) is 13.3. The molecule has 3 atom stereocenters. The normalized spacial score (nSPS) is 21.9. The molecule has 0 N–H and O–H groups in total. The first-order valence-electron chi connectivity index (χ1n) is 13.3. The van der Waals surface area contributed by atoms with E-state index in [4.69, 9.17) is 23.6 Å². The average molecular weight is 510 g/mol. The summed E-state index contributed by atoms with van der Waals surface area (Å²) in [6.45, 7) is 2.02. The van der Waals surface area contributed by atoms with Gasteiger partial charge >= 0.3 is 5.97 Å². The summed E-state index contributed by atoms with van der Waals surface area (Å²) >= 11 is 0. The van der Waals surface area contributed by atoms with Crippen molar-refractivity contribution in [3.05, 3.63) is 96.4 Å². The minimum Gasteiger partial charge on any atom is -0.482 e. The van der Waals surface area contributed by atoms with Gasteiger partial charge in [-0.25, -0.2) is 9.78 Å². The van der Waals surface area contributed by atoms with E-state index < -0.39 is 5.60 Å². The molecule has 2 fully saturated rings. The molecule has 1 aliphatic carbocycles. The molecule has 0 unspecified atom stereocenters. The van der Waals surface area contributed by atoms with Crippen molar-refractivity contribution < 1.29 is 23.4 Å². The standard InChI is InChI=1S/C32H31NO5/c1-2-35-28(34)21-36-26-17-9-11-22(20-26)19-25-16-10-18-27-32(25,38-27)31-33-29(23-12-5-3-6-13-23)30(37-31)24-14-7-4-8-15-24/h3-9,11-15,17,20,25,27H,2,10,16,18-19,21H2,1H3/t25-,27-,32+/m0/s1. The fourth-order valence-corrected chi connectivity index (χ4v) is 5.67. The summed E-state index contributed by atoms with van der Waals surface area (Å²) in [7, 11) is 0. The number of carbonyl (C=O) groups excluding carboxylic acids is 1. The Labute approximate surface area is 222 Å². The molecule has 1 aliphatic heterocycles. The van der Waals surface area contributed by atoms with Gasteiger partial charge in [-0.2, -0.15) is 0 Å². The van der Waals surface area contributed by atoms with Gasteiger partial charge in [-0.1, -0.05) is 79.2 Å². The van der Waals surface area contributed by atoms with E-state index in [1.165, 1.54) is 0 Å². The highest BCUT2D eigenvalue weighted by Gasteiger charge is 2.67. The van der Waals surface area contributed by atoms with Crippen LogP contribution >= 0.6 is 0 Å². The summed E-state index contributed by atoms with van der Waals surface area (Å²) in [5, 5.41) is 0. The lowest BCUT2D eigenvalue weighted by molar-refractivity contribution is -0.145. The fourth-order valence-electron chi connectivity index (χ4n) is 5.67. The van der Waals surface area contributed by atoms with Gasteiger partial charge in [0.25, 0.3) is 0 Å². The average Bonchev–Trinajstić information content (AvgIpc) is 3.55. The number of hydrogen-bond acceptors (Lipinski definition) is 6. The fraction of sp³-hybridized carbons (Fsp3) is 0.312. The number of rotatable bonds is 9. The number of hydrogen-bond donors (Lipinski definition) is 0. The number of epoxide rings is 1. The number of ether oxygens (including phenoxy) is 3. The van der Waals surface area contributed by atoms with Crippen molar-refractivity contribution in [2.75, 3.05) is 13.2 Å². The molecular weight excluding hydrogens is 478 g/mol. The van der Waals surface area contributed by atoms with Gasteiger partial charge in [-0.3, -0.25) is 0 Å². The summed E-state index contributed by atoms with van der Waals surface area (Å²) in [5.41, 5.74) is 3.46. The minimum absolute atomic E-state index is 0.101. The number of nitrogens with zero attached hydrogens (tertiary/aromatic N) is 1. The second kappa shape index (κ2) is 10.5. The predicted octanol–water partition coefficient (Wildman–Crippen LogP) is 6.59. The van der Waals surface area contributed by atoms with Gasteiger partial charge in [-0.05, 0) is 43.9 Å². The van der Waals surface area contributed by atoms with Crippen molar-refractivity contribution in [3.8, 4) is 28.3 Å². The molecule has 3 aromatic carbocycles. The topological polar surface area (TPSA) is 74.1 Å². The van der Waals surface area contributed by atoms with Crippen molar-refractivity contribution in [3.63, 3.8) is 0 Å². The van der Waals surface area contributed by atoms with E-state index >= 15 is 0 Å². The quantitative estimate of drug-likeness (QED) is 0.187. The molecule has 1 saturated carbocycles. The molecule has 2 aliphatic rings. The molecule has 0 radical (unpaired) electrons. The van der Waals surface area contributed by atoms with E-state index in [0.29, 0.717) is 18.2 Å². The monoisotopic (exact) mass is 509 g/mol. The van der Waals surface area contributed by atoms with Crippen molar-refractivity contribution in [2.24, 2.45) is 5.92 Å². The highest BCUT2D eigenvalue weighted by molar-refractivity contribution is 5.77. The third kappa shape index (κ3) is 4.72. The molecule has 4 aromatic rings. The van der Waals surface area contributed by atoms with Crippen LogP contribution in [0.2, 0.25) is 0 Å². The van der Waals surface area contributed by atoms with Gasteiger partial charge in [0.05, 0.1) is 12.7 Å². The molecule has 0 bridgehead atoms. The zero-order valence-electron chi connectivity index (χ0n) is 21.5. The molecule has 38 heavy (non-hydrogen) atoms. The lowest BCUT2D eigenvalue weighted by Gasteiger charge is -2.26. The first-order chi connectivity index (χ1) is 18.7. The molecule has 0 amide bonds. The Morgan fingerprint density at radius 3 is 2.50 bits per heavy atom. The van der Waals surface area contributed by atoms with Crippen LogP contribution in [0.5, 0.6) is 5.75 Å². The van der Waals surface area contributed by atoms with Crippen LogP contribution in [-0.4, -0.2) is 30.3 Å². The summed E-state index contributed by atoms with van der Waals surface area (Å²) in [5.74, 6) is 1.94. The van der Waals surface area contributed by atoms with E-state index in [1.54, 1.807) is 6.92 Å². The molecule has 1 aromatic heterocycles. The number of carbonyl (C=O) groups is 1. The van der Waals surface area contributed by atoms with Gasteiger partial charge in [0.15, 0.2) is 18.0 Å². The summed E-state index contributed by atoms with van der Waals surface area (Å²) in [6, 6.07) is 28.2. The van der Waals surface area contributed by atoms with Crippen LogP contribution in [-0.2, 0) is 26.3 Å². The van der Waals surface area contributed by atoms with E-state index in [2.05, 4.69) is 30.3 Å². The zero-order chi connectivity index (χ0) is 26.0. The highest BCUT2D eigenvalue weighted by atomic mass is 16.6. The third-order valence-electron chi connectivity index (χ3n) is 7.47. The summed E-state index contributed by atoms with van der Waals surface area (Å²) < 4.78 is 23.7. The van der Waals surface area contributed by atoms with E-state index in [0.717, 1.165) is 53.8 Å². The second-order valence-corrected chi connectivity index (χ2v) is 9.90. The summed E-state index contributed by atoms with van der Waals surface area (Å²) in [6.07, 6.45) is 4.04. The molecule has 194 valence electrons. The number of aromatic nitrogens is 1. The molecule has 6 nitrogen and oxygen atoms in total. The van der Waals surface area contributed by atoms with Gasteiger partial charge < -0.3 is 18.6 Å². The van der Waals surface area contributed by atoms with Crippen LogP contribution in [0.4, 0.5) is 0 Å². The van der Waals surface area contributed by atoms with Crippen molar-refractivity contribution >= 4 is 5.97 Å². The van der Waals surface area contributed by atoms with Crippen molar-refractivity contribution in [1.82, 2.24) is 4.98 Å². The van der Waals surface area contributed by atoms with Crippen LogP contribution in [0.15, 0.2) is 89.3 Å². The zero-order valence-corrected chi connectivity index (χ0v) is 21.5. The van der Waals surface area contributed by atoms with Crippen LogP contribution in [0.3, 0.4) is 0 Å². The van der Waals surface area contributed by atoms with Gasteiger partial charge in [0, 0.05) is 17.0 Å². The Bertz CT molecular complexity index is 1340. The molecule has 0 spiro atoms. The maximum absolute atomic E-state index is 11.7. The largest absolute Gasteiger partial charge is 0.482 e. The minimum atomic E-state index is -0.531. The molecule has 6 heteroatoms. The Morgan fingerprint density at radius 1 is 0.974 bits per heavy atom. The maximum atomic E-state index is 11.7. The van der Waals surface area contributed by atoms with Gasteiger partial charge in [-0.15, -0.1) is 0 Å². The van der Waals surface area contributed by atoms with Crippen LogP contribution in [0, 0.1) is 5.92 Å². The van der Waals surface area contributed by atoms with E-state index in [-0.39, 0.29) is 24.6 Å². The van der Waals surface area contributed by atoms with Gasteiger partial charge in [0.2, 0.25) is 5.89 Å². The Kier molecular flexibility index (Phi) is 6.73. The molecular formula is C32H31NO5. The Balaban J connectivity index is 1.30. The van der Waals surface area contributed by atoms with E-state index in [9.17, 15) is 4.79 Å². The second-order valence-electron chi connectivity index (χ2n) is 9.90. The predicted molar refractivity (Wildman–Crippen MR) is 144 cm³/mol. The molecule has 1 saturated heterocycles. The molecule has 6 rings (SSSR count). The van der Waals surface area contributed by atoms with Crippen LogP contribution < -0.4 is 4.74 Å². The SMILES string of the molecule is CCOC(=O)COc1cccc(C[C@@H]2CCC[C@@H]3O[C@]23c2nc(-c3ccccc3)c(-c3ccccc3)o2)c1. The lowest BCUT2D eigenvalue weighted by Crippen LogP contribution is -2.30. The number of benzene rings is 3. The third-order valence-corrected chi connectivity index (χ3v) is 7.47. The summed E-state index contributed by atoms with van der Waals surface area (Å²) in [4.78, 5) is 16.8. The van der Waals surface area contributed by atoms with Crippen molar-refractivity contribution in [2.45, 2.75) is 44.3 Å². The van der Waals surface area contributed by atoms with Gasteiger partial charge in [0.1, 0.15) is 11.4 Å². The van der Waals surface area contributed by atoms with Crippen LogP contribution in [0.25, 0.3) is 22.6 Å². The first kappa shape index (κ1) is 24.4. The smallest absolute Gasteiger partial charge is 0.344 e. The number of esters is 1. The maximum Gasteiger partial charge on any atom is 0.344 e.